The molecule has 29 heavy (non-hydrogen) atoms. The summed E-state index contributed by atoms with van der Waals surface area (Å²) in [5.41, 5.74) is 0.474. The first-order valence-electron chi connectivity index (χ1n) is 9.54. The fourth-order valence-electron chi connectivity index (χ4n) is 2.19. The van der Waals surface area contributed by atoms with Gasteiger partial charge >= 0.3 is 6.09 Å². The summed E-state index contributed by atoms with van der Waals surface area (Å²) in [6, 6.07) is 7.50. The summed E-state index contributed by atoms with van der Waals surface area (Å²) in [5.74, 6) is 1.15. The smallest absolute Gasteiger partial charge is 0.407 e. The second-order valence-corrected chi connectivity index (χ2v) is 7.26. The molecule has 1 aromatic carbocycles. The number of rotatable bonds is 9. The highest BCUT2D eigenvalue weighted by Gasteiger charge is 2.15. The number of ether oxygens (including phenoxy) is 2. The molecule has 0 aliphatic carbocycles. The molecule has 0 aromatic heterocycles. The second-order valence-electron chi connectivity index (χ2n) is 7.26. The van der Waals surface area contributed by atoms with Gasteiger partial charge in [-0.3, -0.25) is 9.79 Å². The van der Waals surface area contributed by atoms with E-state index in [9.17, 15) is 9.59 Å². The Morgan fingerprint density at radius 2 is 1.66 bits per heavy atom. The van der Waals surface area contributed by atoms with Crippen LogP contribution in [0.5, 0.6) is 5.75 Å². The number of alkyl carbamates (subject to hydrolysis) is 1. The predicted molar refractivity (Wildman–Crippen MR) is 113 cm³/mol. The fraction of sp³-hybridized carbons (Fsp3) is 0.550. The quantitative estimate of drug-likeness (QED) is 0.280. The van der Waals surface area contributed by atoms with E-state index in [1.54, 1.807) is 14.2 Å². The van der Waals surface area contributed by atoms with Crippen LogP contribution in [0.4, 0.5) is 4.79 Å². The second kappa shape index (κ2) is 12.5. The van der Waals surface area contributed by atoms with E-state index in [1.165, 1.54) is 0 Å². The molecule has 0 spiro atoms. The Morgan fingerprint density at radius 1 is 1.00 bits per heavy atom. The minimum absolute atomic E-state index is 0.103. The van der Waals surface area contributed by atoms with Crippen molar-refractivity contribution in [1.29, 1.82) is 0 Å². The summed E-state index contributed by atoms with van der Waals surface area (Å²) in [7, 11) is 3.24. The van der Waals surface area contributed by atoms with E-state index in [4.69, 9.17) is 9.47 Å². The molecule has 0 atom stereocenters. The van der Waals surface area contributed by atoms with E-state index in [-0.39, 0.29) is 12.5 Å². The number of guanidine groups is 1. The molecule has 2 amide bonds. The first-order chi connectivity index (χ1) is 13.7. The molecule has 4 N–H and O–H groups in total. The number of carbonyl (C=O) groups excluding carboxylic acids is 2. The largest absolute Gasteiger partial charge is 0.497 e. The number of nitrogens with zero attached hydrogens (tertiary/aromatic N) is 1. The van der Waals surface area contributed by atoms with Crippen molar-refractivity contribution < 1.29 is 19.1 Å². The molecule has 0 fully saturated rings. The van der Waals surface area contributed by atoms with Gasteiger partial charge in [-0.25, -0.2) is 4.79 Å². The van der Waals surface area contributed by atoms with Gasteiger partial charge < -0.3 is 30.7 Å². The van der Waals surface area contributed by atoms with Crippen molar-refractivity contribution in [1.82, 2.24) is 21.3 Å². The Labute approximate surface area is 172 Å². The molecular formula is C20H33N5O4. The maximum atomic E-state index is 12.0. The fourth-order valence-corrected chi connectivity index (χ4v) is 2.19. The van der Waals surface area contributed by atoms with Crippen LogP contribution in [0.25, 0.3) is 0 Å². The number of methoxy groups -OCH3 is 1. The molecule has 0 saturated heterocycles. The third kappa shape index (κ3) is 11.5. The average Bonchev–Trinajstić information content (AvgIpc) is 2.67. The van der Waals surface area contributed by atoms with E-state index in [1.807, 2.05) is 45.0 Å². The zero-order valence-corrected chi connectivity index (χ0v) is 17.9. The van der Waals surface area contributed by atoms with Gasteiger partial charge in [0.2, 0.25) is 5.91 Å². The van der Waals surface area contributed by atoms with Crippen LogP contribution in [0.3, 0.4) is 0 Å². The Hall–Kier alpha value is -2.97. The van der Waals surface area contributed by atoms with E-state index >= 15 is 0 Å². The molecule has 0 bridgehead atoms. The third-order valence-electron chi connectivity index (χ3n) is 3.60. The van der Waals surface area contributed by atoms with Gasteiger partial charge in [0.1, 0.15) is 11.4 Å². The van der Waals surface area contributed by atoms with E-state index in [0.717, 1.165) is 11.3 Å². The molecule has 1 aromatic rings. The lowest BCUT2D eigenvalue weighted by Gasteiger charge is -2.19. The number of carbonyl (C=O) groups is 2. The minimum Gasteiger partial charge on any atom is -0.497 e. The third-order valence-corrected chi connectivity index (χ3v) is 3.60. The van der Waals surface area contributed by atoms with Crippen LogP contribution in [-0.4, -0.2) is 57.4 Å². The topological polar surface area (TPSA) is 113 Å². The zero-order chi connectivity index (χ0) is 21.7. The molecule has 1 rings (SSSR count). The molecule has 0 aliphatic heterocycles. The molecule has 162 valence electrons. The Balaban J connectivity index is 2.18. The van der Waals surface area contributed by atoms with Crippen LogP contribution in [0.15, 0.2) is 29.3 Å². The van der Waals surface area contributed by atoms with Crippen LogP contribution in [-0.2, 0) is 16.1 Å². The van der Waals surface area contributed by atoms with Gasteiger partial charge in [-0.1, -0.05) is 12.1 Å². The maximum absolute atomic E-state index is 12.0. The number of hydrogen-bond donors (Lipinski definition) is 4. The van der Waals surface area contributed by atoms with Gasteiger partial charge in [0.15, 0.2) is 5.96 Å². The van der Waals surface area contributed by atoms with Gasteiger partial charge in [-0.05, 0) is 44.9 Å². The maximum Gasteiger partial charge on any atom is 0.407 e. The van der Waals surface area contributed by atoms with Crippen LogP contribution in [0.1, 0.15) is 32.8 Å². The van der Waals surface area contributed by atoms with Crippen molar-refractivity contribution in [2.75, 3.05) is 33.8 Å². The Kier molecular flexibility index (Phi) is 10.4. The Morgan fingerprint density at radius 3 is 2.24 bits per heavy atom. The zero-order valence-electron chi connectivity index (χ0n) is 17.9. The van der Waals surface area contributed by atoms with Crippen molar-refractivity contribution in [2.24, 2.45) is 4.99 Å². The van der Waals surface area contributed by atoms with Crippen molar-refractivity contribution >= 4 is 18.0 Å². The van der Waals surface area contributed by atoms with Crippen molar-refractivity contribution in [3.05, 3.63) is 29.8 Å². The van der Waals surface area contributed by atoms with Gasteiger partial charge in [0.25, 0.3) is 0 Å². The average molecular weight is 408 g/mol. The lowest BCUT2D eigenvalue weighted by molar-refractivity contribution is -0.120. The lowest BCUT2D eigenvalue weighted by Crippen LogP contribution is -2.43. The van der Waals surface area contributed by atoms with Crippen LogP contribution in [0, 0.1) is 0 Å². The molecule has 0 unspecified atom stereocenters. The van der Waals surface area contributed by atoms with Gasteiger partial charge in [0.05, 0.1) is 13.7 Å². The lowest BCUT2D eigenvalue weighted by atomic mass is 10.2. The van der Waals surface area contributed by atoms with Crippen LogP contribution < -0.4 is 26.0 Å². The summed E-state index contributed by atoms with van der Waals surface area (Å²) < 4.78 is 10.3. The number of hydrogen-bond acceptors (Lipinski definition) is 5. The predicted octanol–water partition coefficient (Wildman–Crippen LogP) is 1.39. The van der Waals surface area contributed by atoms with Gasteiger partial charge in [-0.15, -0.1) is 0 Å². The summed E-state index contributed by atoms with van der Waals surface area (Å²) in [4.78, 5) is 27.6. The summed E-state index contributed by atoms with van der Waals surface area (Å²) >= 11 is 0. The number of amides is 2. The molecule has 9 heteroatoms. The molecule has 0 saturated carbocycles. The normalized spacial score (nSPS) is 11.4. The van der Waals surface area contributed by atoms with Gasteiger partial charge in [0, 0.05) is 26.7 Å². The number of aliphatic imine (C=N–C) groups is 1. The van der Waals surface area contributed by atoms with E-state index in [0.29, 0.717) is 32.0 Å². The summed E-state index contributed by atoms with van der Waals surface area (Å²) in [6.07, 6.45) is 0.248. The van der Waals surface area contributed by atoms with E-state index < -0.39 is 11.7 Å². The van der Waals surface area contributed by atoms with Crippen LogP contribution in [0.2, 0.25) is 0 Å². The highest BCUT2D eigenvalue weighted by molar-refractivity contribution is 5.86. The molecule has 9 nitrogen and oxygen atoms in total. The first kappa shape index (κ1) is 24.1. The number of nitrogens with one attached hydrogen (secondary N) is 4. The molecule has 0 aliphatic rings. The molecule has 0 radical (unpaired) electrons. The standard InChI is InChI=1S/C20H33N5O4/c1-20(2,3)29-19(27)23-12-6-11-22-18(21-4)25-14-17(26)24-13-15-7-9-16(28-5)10-8-15/h7-10H,6,11-14H2,1-5H3,(H,23,27)(H,24,26)(H2,21,22,25). The highest BCUT2D eigenvalue weighted by atomic mass is 16.6. The van der Waals surface area contributed by atoms with Crippen molar-refractivity contribution in [3.8, 4) is 5.75 Å². The number of benzene rings is 1. The molecular weight excluding hydrogens is 374 g/mol. The summed E-state index contributed by atoms with van der Waals surface area (Å²) in [6.45, 7) is 7.05. The van der Waals surface area contributed by atoms with Crippen molar-refractivity contribution in [3.63, 3.8) is 0 Å². The van der Waals surface area contributed by atoms with Gasteiger partial charge in [-0.2, -0.15) is 0 Å². The highest BCUT2D eigenvalue weighted by Crippen LogP contribution is 2.10. The van der Waals surface area contributed by atoms with Crippen molar-refractivity contribution in [2.45, 2.75) is 39.3 Å². The first-order valence-corrected chi connectivity index (χ1v) is 9.54. The minimum atomic E-state index is -0.512. The Bertz CT molecular complexity index is 668. The SMILES string of the molecule is CN=C(NCCCNC(=O)OC(C)(C)C)NCC(=O)NCc1ccc(OC)cc1. The van der Waals surface area contributed by atoms with E-state index in [2.05, 4.69) is 26.3 Å². The monoisotopic (exact) mass is 407 g/mol. The molecule has 0 heterocycles. The summed E-state index contributed by atoms with van der Waals surface area (Å²) in [5, 5.41) is 11.6. The van der Waals surface area contributed by atoms with Crippen LogP contribution >= 0.6 is 0 Å².